The molecule has 1 radical (unpaired) electrons. The summed E-state index contributed by atoms with van der Waals surface area (Å²) in [5.41, 5.74) is 7.94. The molecule has 8 rings (SSSR count). The van der Waals surface area contributed by atoms with Gasteiger partial charge in [-0.05, 0) is 82.4 Å². The second-order valence-electron chi connectivity index (χ2n) is 14.0. The van der Waals surface area contributed by atoms with Crippen LogP contribution < -0.4 is 20.1 Å². The van der Waals surface area contributed by atoms with Gasteiger partial charge in [0.05, 0.1) is 24.2 Å². The fraction of sp³-hybridized carbons (Fsp3) is 0.421. The molecule has 4 aliphatic heterocycles. The van der Waals surface area contributed by atoms with Gasteiger partial charge < -0.3 is 35.3 Å². The Morgan fingerprint density at radius 3 is 2.60 bits per heavy atom. The predicted molar refractivity (Wildman–Crippen MR) is 184 cm³/mol. The average molecular weight is 890 g/mol. The van der Waals surface area contributed by atoms with E-state index < -0.39 is 18.1 Å². The van der Waals surface area contributed by atoms with Crippen LogP contribution in [0.4, 0.5) is 0 Å². The molecule has 2 bridgehead atoms. The number of amides is 1. The van der Waals surface area contributed by atoms with Crippen LogP contribution in [0.3, 0.4) is 0 Å². The van der Waals surface area contributed by atoms with Crippen LogP contribution in [0.15, 0.2) is 36.5 Å². The predicted octanol–water partition coefficient (Wildman–Crippen LogP) is 3.95. The van der Waals surface area contributed by atoms with Crippen molar-refractivity contribution in [3.63, 3.8) is 0 Å². The van der Waals surface area contributed by atoms with Gasteiger partial charge in [-0.1, -0.05) is 24.3 Å². The standard InChI is InChI=1S/C38H42N6O5.Ac/c1-18-10-21-12-27-29(14-39)44-28(33(43(27)5)31(21)35(46)19(18)2)13-24-32(37-36(48-17-49-37)20(3)34(24)45)30(44)16-42-38(47)26(40-4)11-22-15-41-25-9-7-6-8-23(22)25;/h6-10,15,26-30,33,40-41,45-46H,11-13,16-17H2,1-5H3,(H,42,47);/t26-,27-,28?,29-,30-,33+;/m0./s1. The van der Waals surface area contributed by atoms with Gasteiger partial charge in [-0.15, -0.1) is 0 Å². The summed E-state index contributed by atoms with van der Waals surface area (Å²) >= 11 is 0. The van der Waals surface area contributed by atoms with Gasteiger partial charge in [0.15, 0.2) is 11.5 Å². The van der Waals surface area contributed by atoms with Crippen molar-refractivity contribution in [2.24, 2.45) is 0 Å². The monoisotopic (exact) mass is 889 g/mol. The minimum absolute atomic E-state index is 0. The summed E-state index contributed by atoms with van der Waals surface area (Å²) in [5.74, 6) is 1.31. The Balaban J connectivity index is 0.00000392. The second-order valence-corrected chi connectivity index (χ2v) is 14.0. The minimum atomic E-state index is -0.536. The number of aromatic hydroxyl groups is 2. The van der Waals surface area contributed by atoms with Gasteiger partial charge in [0.2, 0.25) is 12.7 Å². The molecule has 5 heterocycles. The van der Waals surface area contributed by atoms with E-state index >= 15 is 0 Å². The van der Waals surface area contributed by atoms with Gasteiger partial charge in [0, 0.05) is 102 Å². The molecule has 1 amide bonds. The fourth-order valence-electron chi connectivity index (χ4n) is 9.07. The largest absolute Gasteiger partial charge is 0.507 e. The SMILES string of the molecule is CN[C@@H](Cc1c[nH]c2ccccc12)C(=O)NC[C@H]1c2c(c(O)c(C)c3c2OCO3)CC2[C@@H]3c4c(cc(C)c(C)c4O)C[C@@H]([C@H](C#N)N21)N3C.[Ac]. The molecule has 11 nitrogen and oxygen atoms in total. The van der Waals surface area contributed by atoms with Crippen LogP contribution in [0, 0.1) is 76.2 Å². The van der Waals surface area contributed by atoms with E-state index in [0.717, 1.165) is 49.8 Å². The number of H-pyrrole nitrogens is 1. The molecule has 0 spiro atoms. The normalized spacial score (nSPS) is 24.0. The summed E-state index contributed by atoms with van der Waals surface area (Å²) in [5, 5.41) is 41.7. The van der Waals surface area contributed by atoms with Crippen molar-refractivity contribution in [1.29, 1.82) is 5.26 Å². The van der Waals surface area contributed by atoms with Gasteiger partial charge in [-0.2, -0.15) is 5.26 Å². The van der Waals surface area contributed by atoms with Gasteiger partial charge >= 0.3 is 0 Å². The number of carbonyl (C=O) groups excluding carboxylic acids is 1. The van der Waals surface area contributed by atoms with Crippen LogP contribution in [0.2, 0.25) is 0 Å². The third-order valence-corrected chi connectivity index (χ3v) is 11.7. The first-order valence-corrected chi connectivity index (χ1v) is 17.0. The molecule has 12 heteroatoms. The number of hydrogen-bond acceptors (Lipinski definition) is 9. The van der Waals surface area contributed by atoms with E-state index in [1.54, 1.807) is 7.05 Å². The molecule has 1 fully saturated rings. The van der Waals surface area contributed by atoms with E-state index in [1.165, 1.54) is 0 Å². The number of nitriles is 1. The van der Waals surface area contributed by atoms with E-state index in [9.17, 15) is 20.3 Å². The molecule has 6 atom stereocenters. The third-order valence-electron chi connectivity index (χ3n) is 11.7. The Bertz CT molecular complexity index is 2060. The minimum Gasteiger partial charge on any atom is -0.507 e. The van der Waals surface area contributed by atoms with Gasteiger partial charge in [0.25, 0.3) is 0 Å². The molecule has 0 saturated carbocycles. The Hall–Kier alpha value is -3.32. The number of rotatable bonds is 6. The zero-order valence-corrected chi connectivity index (χ0v) is 33.7. The first kappa shape index (κ1) is 35.1. The number of phenolic OH excluding ortho intramolecular Hbond substituents is 2. The Kier molecular flexibility index (Phi) is 9.37. The number of likely N-dealkylation sites (N-methyl/N-ethyl adjacent to an activating group) is 2. The number of ether oxygens (including phenoxy) is 2. The maximum Gasteiger partial charge on any atom is 0.237 e. The number of aromatic amines is 1. The molecule has 4 aromatic rings. The van der Waals surface area contributed by atoms with E-state index in [2.05, 4.69) is 37.6 Å². The maximum atomic E-state index is 14.0. The number of piperazine rings is 1. The number of hydrogen-bond donors (Lipinski definition) is 5. The van der Waals surface area contributed by atoms with Crippen molar-refractivity contribution in [3.05, 3.63) is 81.0 Å². The topological polar surface area (TPSA) is 146 Å². The zero-order valence-electron chi connectivity index (χ0n) is 29.0. The summed E-state index contributed by atoms with van der Waals surface area (Å²) in [7, 11) is 3.82. The number of para-hydroxylation sites is 1. The van der Waals surface area contributed by atoms with E-state index in [1.807, 2.05) is 58.3 Å². The van der Waals surface area contributed by atoms with Crippen LogP contribution in [0.25, 0.3) is 10.9 Å². The molecule has 257 valence electrons. The van der Waals surface area contributed by atoms with Crippen molar-refractivity contribution < 1.29 is 68.5 Å². The van der Waals surface area contributed by atoms with Crippen molar-refractivity contribution >= 4 is 16.8 Å². The van der Waals surface area contributed by atoms with Crippen LogP contribution in [0.5, 0.6) is 23.0 Å². The number of nitrogens with zero attached hydrogens (tertiary/aromatic N) is 3. The van der Waals surface area contributed by atoms with Crippen LogP contribution in [-0.2, 0) is 24.1 Å². The molecule has 0 aliphatic carbocycles. The molecule has 50 heavy (non-hydrogen) atoms. The van der Waals surface area contributed by atoms with E-state index in [0.29, 0.717) is 36.3 Å². The molecule has 1 saturated heterocycles. The fourth-order valence-corrected chi connectivity index (χ4v) is 9.07. The summed E-state index contributed by atoms with van der Waals surface area (Å²) < 4.78 is 12.0. The van der Waals surface area contributed by atoms with Gasteiger partial charge in [-0.25, -0.2) is 0 Å². The summed E-state index contributed by atoms with van der Waals surface area (Å²) in [4.78, 5) is 21.7. The first-order valence-electron chi connectivity index (χ1n) is 17.0. The number of benzene rings is 3. The molecule has 1 unspecified atom stereocenters. The number of phenols is 2. The van der Waals surface area contributed by atoms with Crippen molar-refractivity contribution in [2.45, 2.75) is 76.3 Å². The molecule has 4 aliphatic rings. The molecule has 3 aromatic carbocycles. The van der Waals surface area contributed by atoms with Crippen LogP contribution >= 0.6 is 0 Å². The molecular formula is C38H42AcN6O5. The maximum absolute atomic E-state index is 14.0. The number of carbonyl (C=O) groups is 1. The molecule has 1 aromatic heterocycles. The quantitative estimate of drug-likeness (QED) is 0.195. The third kappa shape index (κ3) is 5.23. The molecule has 5 N–H and O–H groups in total. The zero-order chi connectivity index (χ0) is 34.3. The summed E-state index contributed by atoms with van der Waals surface area (Å²) in [6.45, 7) is 5.97. The Morgan fingerprint density at radius 2 is 1.84 bits per heavy atom. The van der Waals surface area contributed by atoms with Gasteiger partial charge in [-0.3, -0.25) is 14.6 Å². The number of aromatic nitrogens is 1. The summed E-state index contributed by atoms with van der Waals surface area (Å²) in [6, 6.07) is 10.6. The summed E-state index contributed by atoms with van der Waals surface area (Å²) in [6.07, 6.45) is 3.46. The number of nitrogens with one attached hydrogen (secondary N) is 3. The molecular weight excluding hydrogens is 847 g/mol. The van der Waals surface area contributed by atoms with Crippen molar-refractivity contribution in [1.82, 2.24) is 25.4 Å². The first-order chi connectivity index (χ1) is 23.6. The average Bonchev–Trinajstić information content (AvgIpc) is 3.75. The van der Waals surface area contributed by atoms with Gasteiger partial charge in [0.1, 0.15) is 17.5 Å². The van der Waals surface area contributed by atoms with Crippen LogP contribution in [-0.4, -0.2) is 82.5 Å². The smallest absolute Gasteiger partial charge is 0.237 e. The number of fused-ring (bicyclic) bond motifs is 10. The van der Waals surface area contributed by atoms with Crippen molar-refractivity contribution in [2.75, 3.05) is 27.4 Å². The van der Waals surface area contributed by atoms with Crippen LogP contribution in [0.1, 0.15) is 56.6 Å². The van der Waals surface area contributed by atoms with E-state index in [-0.39, 0.29) is 92.9 Å². The van der Waals surface area contributed by atoms with E-state index in [4.69, 9.17) is 9.47 Å². The number of aryl methyl sites for hydroxylation is 1. The Morgan fingerprint density at radius 1 is 1.08 bits per heavy atom. The van der Waals surface area contributed by atoms with Crippen molar-refractivity contribution in [3.8, 4) is 29.1 Å². The second kappa shape index (κ2) is 13.3. The Labute approximate surface area is 327 Å².